The number of hydrogen-bond acceptors (Lipinski definition) is 2. The highest BCUT2D eigenvalue weighted by Crippen LogP contribution is 2.34. The molecule has 0 amide bonds. The normalized spacial score (nSPS) is 15.8. The van der Waals surface area contributed by atoms with Crippen LogP contribution in [-0.4, -0.2) is 15.9 Å². The number of ether oxygens (including phenoxy) is 1. The molecule has 1 aliphatic carbocycles. The molecule has 1 fully saturated rings. The van der Waals surface area contributed by atoms with E-state index in [0.29, 0.717) is 12.0 Å². The minimum atomic E-state index is 0.421. The lowest BCUT2D eigenvalue weighted by atomic mass is 9.99. The third-order valence-corrected chi connectivity index (χ3v) is 3.23. The Bertz CT molecular complexity index is 553. The number of fused-ring (bicyclic) bond motifs is 1. The van der Waals surface area contributed by atoms with E-state index in [2.05, 4.69) is 37.3 Å². The van der Waals surface area contributed by atoms with Crippen LogP contribution in [0, 0.1) is 0 Å². The zero-order chi connectivity index (χ0) is 12.0. The molecule has 3 heteroatoms. The van der Waals surface area contributed by atoms with Gasteiger partial charge in [-0.25, -0.2) is 0 Å². The van der Waals surface area contributed by atoms with Crippen molar-refractivity contribution in [2.45, 2.75) is 38.7 Å². The van der Waals surface area contributed by atoms with Crippen molar-refractivity contribution in [1.82, 2.24) is 9.78 Å². The van der Waals surface area contributed by atoms with Gasteiger partial charge in [-0.15, -0.1) is 0 Å². The summed E-state index contributed by atoms with van der Waals surface area (Å²) in [5, 5.41) is 5.75. The van der Waals surface area contributed by atoms with Gasteiger partial charge >= 0.3 is 0 Å². The maximum atomic E-state index is 5.91. The van der Waals surface area contributed by atoms with Crippen molar-refractivity contribution >= 4 is 10.9 Å². The van der Waals surface area contributed by atoms with E-state index in [1.807, 2.05) is 11.7 Å². The van der Waals surface area contributed by atoms with Gasteiger partial charge in [0.2, 0.25) is 0 Å². The second-order valence-electron chi connectivity index (χ2n) is 5.19. The van der Waals surface area contributed by atoms with Crippen molar-refractivity contribution in [2.24, 2.45) is 7.05 Å². The molecule has 0 radical (unpaired) electrons. The number of aryl methyl sites for hydroxylation is 1. The predicted molar refractivity (Wildman–Crippen MR) is 68.5 cm³/mol. The van der Waals surface area contributed by atoms with Crippen LogP contribution in [-0.2, 0) is 7.05 Å². The van der Waals surface area contributed by atoms with Crippen molar-refractivity contribution in [2.75, 3.05) is 0 Å². The average molecular weight is 230 g/mol. The lowest BCUT2D eigenvalue weighted by Gasteiger charge is -2.10. The van der Waals surface area contributed by atoms with E-state index in [4.69, 9.17) is 4.74 Å². The number of rotatable bonds is 3. The summed E-state index contributed by atoms with van der Waals surface area (Å²) in [5.74, 6) is 1.45. The molecule has 0 N–H and O–H groups in total. The number of nitrogens with zero attached hydrogens (tertiary/aromatic N) is 2. The minimum absolute atomic E-state index is 0.421. The maximum absolute atomic E-state index is 5.91. The van der Waals surface area contributed by atoms with Gasteiger partial charge in [-0.3, -0.25) is 4.68 Å². The van der Waals surface area contributed by atoms with Gasteiger partial charge in [-0.1, -0.05) is 19.9 Å². The third kappa shape index (κ3) is 1.90. The molecular weight excluding hydrogens is 212 g/mol. The number of benzene rings is 1. The lowest BCUT2D eigenvalue weighted by molar-refractivity contribution is 0.306. The van der Waals surface area contributed by atoms with Gasteiger partial charge in [-0.2, -0.15) is 5.10 Å². The van der Waals surface area contributed by atoms with E-state index in [9.17, 15) is 0 Å². The van der Waals surface area contributed by atoms with Crippen LogP contribution in [0.15, 0.2) is 18.3 Å². The quantitative estimate of drug-likeness (QED) is 0.809. The molecule has 2 aromatic rings. The first-order valence-electron chi connectivity index (χ1n) is 6.28. The Morgan fingerprint density at radius 2 is 2.12 bits per heavy atom. The monoisotopic (exact) mass is 230 g/mol. The van der Waals surface area contributed by atoms with Gasteiger partial charge < -0.3 is 4.74 Å². The fourth-order valence-corrected chi connectivity index (χ4v) is 2.18. The molecule has 90 valence electrons. The van der Waals surface area contributed by atoms with E-state index < -0.39 is 0 Å². The second-order valence-corrected chi connectivity index (χ2v) is 5.19. The number of hydrogen-bond donors (Lipinski definition) is 0. The topological polar surface area (TPSA) is 27.1 Å². The molecule has 1 aromatic carbocycles. The summed E-state index contributed by atoms with van der Waals surface area (Å²) < 4.78 is 7.78. The molecule has 1 aromatic heterocycles. The van der Waals surface area contributed by atoms with Crippen LogP contribution in [0.2, 0.25) is 0 Å². The molecule has 0 atom stereocenters. The van der Waals surface area contributed by atoms with Gasteiger partial charge in [0.1, 0.15) is 11.3 Å². The fraction of sp³-hybridized carbons (Fsp3) is 0.500. The summed E-state index contributed by atoms with van der Waals surface area (Å²) in [4.78, 5) is 0. The van der Waals surface area contributed by atoms with Crippen molar-refractivity contribution < 1.29 is 4.74 Å². The summed E-state index contributed by atoms with van der Waals surface area (Å²) in [6, 6.07) is 4.25. The van der Waals surface area contributed by atoms with Crippen molar-refractivity contribution in [1.29, 1.82) is 0 Å². The Morgan fingerprint density at radius 1 is 1.35 bits per heavy atom. The van der Waals surface area contributed by atoms with Crippen LogP contribution in [0.3, 0.4) is 0 Å². The molecule has 0 aliphatic heterocycles. The number of aromatic nitrogens is 2. The Balaban J connectivity index is 2.14. The minimum Gasteiger partial charge on any atom is -0.488 e. The van der Waals surface area contributed by atoms with Crippen molar-refractivity contribution in [3.05, 3.63) is 23.9 Å². The SMILES string of the molecule is CC(C)c1ccc(OC2CC2)c2nn(C)cc12. The molecule has 1 aliphatic rings. The summed E-state index contributed by atoms with van der Waals surface area (Å²) >= 11 is 0. The molecule has 1 saturated carbocycles. The Labute approximate surface area is 101 Å². The first-order chi connectivity index (χ1) is 8.15. The van der Waals surface area contributed by atoms with E-state index in [1.165, 1.54) is 23.8 Å². The van der Waals surface area contributed by atoms with Gasteiger partial charge in [0.25, 0.3) is 0 Å². The molecule has 0 spiro atoms. The molecular formula is C14H18N2O. The zero-order valence-electron chi connectivity index (χ0n) is 10.6. The highest BCUT2D eigenvalue weighted by molar-refractivity contribution is 5.87. The van der Waals surface area contributed by atoms with E-state index in [-0.39, 0.29) is 0 Å². The first kappa shape index (κ1) is 10.6. The maximum Gasteiger partial charge on any atom is 0.147 e. The highest BCUT2D eigenvalue weighted by atomic mass is 16.5. The lowest BCUT2D eigenvalue weighted by Crippen LogP contribution is -1.98. The van der Waals surface area contributed by atoms with Crippen molar-refractivity contribution in [3.63, 3.8) is 0 Å². The average Bonchev–Trinajstić information content (AvgIpc) is 2.98. The second kappa shape index (κ2) is 3.76. The van der Waals surface area contributed by atoms with Crippen LogP contribution in [0.25, 0.3) is 10.9 Å². The smallest absolute Gasteiger partial charge is 0.147 e. The Kier molecular flexibility index (Phi) is 2.35. The summed E-state index contributed by atoms with van der Waals surface area (Å²) in [7, 11) is 1.96. The van der Waals surface area contributed by atoms with E-state index in [0.717, 1.165) is 11.3 Å². The fourth-order valence-electron chi connectivity index (χ4n) is 2.18. The molecule has 1 heterocycles. The Hall–Kier alpha value is -1.51. The largest absolute Gasteiger partial charge is 0.488 e. The molecule has 3 nitrogen and oxygen atoms in total. The first-order valence-corrected chi connectivity index (χ1v) is 6.28. The summed E-state index contributed by atoms with van der Waals surface area (Å²) in [6.45, 7) is 4.42. The third-order valence-electron chi connectivity index (χ3n) is 3.23. The van der Waals surface area contributed by atoms with E-state index >= 15 is 0 Å². The zero-order valence-corrected chi connectivity index (χ0v) is 10.6. The highest BCUT2D eigenvalue weighted by Gasteiger charge is 2.25. The van der Waals surface area contributed by atoms with E-state index in [1.54, 1.807) is 0 Å². The summed E-state index contributed by atoms with van der Waals surface area (Å²) in [6.07, 6.45) is 4.87. The summed E-state index contributed by atoms with van der Waals surface area (Å²) in [5.41, 5.74) is 2.35. The van der Waals surface area contributed by atoms with Crippen molar-refractivity contribution in [3.8, 4) is 5.75 Å². The molecule has 17 heavy (non-hydrogen) atoms. The Morgan fingerprint density at radius 3 is 2.76 bits per heavy atom. The molecule has 0 unspecified atom stereocenters. The van der Waals surface area contributed by atoms with Crippen LogP contribution >= 0.6 is 0 Å². The van der Waals surface area contributed by atoms with Crippen LogP contribution < -0.4 is 4.74 Å². The van der Waals surface area contributed by atoms with Gasteiger partial charge in [-0.05, 0) is 30.4 Å². The predicted octanol–water partition coefficient (Wildman–Crippen LogP) is 3.24. The molecule has 3 rings (SSSR count). The van der Waals surface area contributed by atoms with Crippen LogP contribution in [0.5, 0.6) is 5.75 Å². The molecule has 0 bridgehead atoms. The molecule has 0 saturated heterocycles. The van der Waals surface area contributed by atoms with Gasteiger partial charge in [0.15, 0.2) is 0 Å². The van der Waals surface area contributed by atoms with Crippen LogP contribution in [0.1, 0.15) is 38.2 Å². The van der Waals surface area contributed by atoms with Gasteiger partial charge in [0, 0.05) is 18.6 Å². The van der Waals surface area contributed by atoms with Crippen LogP contribution in [0.4, 0.5) is 0 Å². The van der Waals surface area contributed by atoms with Gasteiger partial charge in [0.05, 0.1) is 6.10 Å². The standard InChI is InChI=1S/C14H18N2O/c1-9(2)11-6-7-13(17-10-4-5-10)14-12(11)8-16(3)15-14/h6-10H,4-5H2,1-3H3.